The zero-order chi connectivity index (χ0) is 35.0. The summed E-state index contributed by atoms with van der Waals surface area (Å²) in [7, 11) is 0. The quantitative estimate of drug-likeness (QED) is 0.0519. The normalized spacial score (nSPS) is 16.9. The molecule has 0 saturated carbocycles. The van der Waals surface area contributed by atoms with Crippen molar-refractivity contribution in [2.75, 3.05) is 39.5 Å². The van der Waals surface area contributed by atoms with Gasteiger partial charge in [-0.3, -0.25) is 0 Å². The van der Waals surface area contributed by atoms with Crippen molar-refractivity contribution < 1.29 is 9.47 Å². The first-order valence-corrected chi connectivity index (χ1v) is 21.8. The van der Waals surface area contributed by atoms with Crippen molar-refractivity contribution in [2.45, 2.75) is 194 Å². The number of hydrogen-bond donors (Lipinski definition) is 1. The Kier molecular flexibility index (Phi) is 37.1. The summed E-state index contributed by atoms with van der Waals surface area (Å²) in [5.74, 6) is 1.24. The smallest absolute Gasteiger partial charge is 0.0510 e. The van der Waals surface area contributed by atoms with Crippen LogP contribution in [0.15, 0.2) is 48.6 Å². The summed E-state index contributed by atoms with van der Waals surface area (Å²) in [4.78, 5) is 0. The molecule has 1 heterocycles. The number of ether oxygens (including phenoxy) is 2. The molecule has 3 nitrogen and oxygen atoms in total. The van der Waals surface area contributed by atoms with Crippen molar-refractivity contribution in [3.8, 4) is 0 Å². The first-order valence-electron chi connectivity index (χ1n) is 21.8. The van der Waals surface area contributed by atoms with E-state index in [0.29, 0.717) is 11.8 Å². The number of allylic oxidation sites excluding steroid dienone is 8. The van der Waals surface area contributed by atoms with Crippen molar-refractivity contribution in [1.29, 1.82) is 0 Å². The lowest BCUT2D eigenvalue weighted by molar-refractivity contribution is 0.0482. The molecule has 3 heteroatoms. The molecular weight excluding hydrogens is 599 g/mol. The van der Waals surface area contributed by atoms with Crippen LogP contribution in [0.2, 0.25) is 0 Å². The Morgan fingerprint density at radius 2 is 0.694 bits per heavy atom. The van der Waals surface area contributed by atoms with Crippen molar-refractivity contribution in [3.63, 3.8) is 0 Å². The van der Waals surface area contributed by atoms with Crippen molar-refractivity contribution in [2.24, 2.45) is 11.8 Å². The first-order chi connectivity index (χ1) is 24.4. The van der Waals surface area contributed by atoms with E-state index in [0.717, 1.165) is 52.4 Å². The van der Waals surface area contributed by atoms with Crippen LogP contribution in [0.4, 0.5) is 0 Å². The SMILES string of the molecule is CCCCC/C=C\C/C=C\CCCCCCCCCCOCC1CNC[C@H]1COCCCCCCCCCC/C=C\C/C=C\CCCCC. The summed E-state index contributed by atoms with van der Waals surface area (Å²) < 4.78 is 12.2. The van der Waals surface area contributed by atoms with Gasteiger partial charge < -0.3 is 14.8 Å². The fourth-order valence-electron chi connectivity index (χ4n) is 6.74. The van der Waals surface area contributed by atoms with E-state index < -0.39 is 0 Å². The molecule has 49 heavy (non-hydrogen) atoms. The second kappa shape index (κ2) is 39.6. The van der Waals surface area contributed by atoms with Crippen LogP contribution in [0, 0.1) is 11.8 Å². The van der Waals surface area contributed by atoms with E-state index in [1.54, 1.807) is 0 Å². The Morgan fingerprint density at radius 1 is 0.388 bits per heavy atom. The summed E-state index contributed by atoms with van der Waals surface area (Å²) in [6, 6.07) is 0. The minimum atomic E-state index is 0.620. The molecule has 0 aromatic carbocycles. The van der Waals surface area contributed by atoms with Crippen LogP contribution in [0.1, 0.15) is 194 Å². The van der Waals surface area contributed by atoms with Crippen LogP contribution in [0.3, 0.4) is 0 Å². The van der Waals surface area contributed by atoms with Gasteiger partial charge >= 0.3 is 0 Å². The van der Waals surface area contributed by atoms with Gasteiger partial charge in [-0.1, -0.05) is 165 Å². The largest absolute Gasteiger partial charge is 0.381 e. The summed E-state index contributed by atoms with van der Waals surface area (Å²) in [6.45, 7) is 10.4. The van der Waals surface area contributed by atoms with E-state index in [2.05, 4.69) is 67.8 Å². The average Bonchev–Trinajstić information content (AvgIpc) is 3.57. The Morgan fingerprint density at radius 3 is 1.04 bits per heavy atom. The Hall–Kier alpha value is -1.16. The summed E-state index contributed by atoms with van der Waals surface area (Å²) >= 11 is 0. The number of nitrogens with one attached hydrogen (secondary N) is 1. The maximum atomic E-state index is 6.11. The molecule has 1 aliphatic rings. The zero-order valence-corrected chi connectivity index (χ0v) is 33.1. The molecule has 0 aromatic rings. The molecule has 1 saturated heterocycles. The van der Waals surface area contributed by atoms with E-state index in [1.807, 2.05) is 0 Å². The van der Waals surface area contributed by atoms with Gasteiger partial charge in [0.05, 0.1) is 13.2 Å². The minimum absolute atomic E-state index is 0.620. The van der Waals surface area contributed by atoms with Crippen molar-refractivity contribution in [3.05, 3.63) is 48.6 Å². The molecule has 0 amide bonds. The number of hydrogen-bond acceptors (Lipinski definition) is 3. The fourth-order valence-corrected chi connectivity index (χ4v) is 6.74. The topological polar surface area (TPSA) is 30.5 Å². The third kappa shape index (κ3) is 33.7. The summed E-state index contributed by atoms with van der Waals surface area (Å²) in [6.07, 6.45) is 55.8. The second-order valence-electron chi connectivity index (χ2n) is 14.9. The average molecular weight is 684 g/mol. The third-order valence-corrected chi connectivity index (χ3v) is 10.1. The van der Waals surface area contributed by atoms with Gasteiger partial charge in [-0.2, -0.15) is 0 Å². The Labute approximate surface area is 307 Å². The van der Waals surface area contributed by atoms with E-state index in [4.69, 9.17) is 9.47 Å². The van der Waals surface area contributed by atoms with Gasteiger partial charge in [-0.05, 0) is 77.0 Å². The van der Waals surface area contributed by atoms with Gasteiger partial charge in [0, 0.05) is 38.1 Å². The maximum absolute atomic E-state index is 6.11. The molecule has 2 atom stereocenters. The highest BCUT2D eigenvalue weighted by molar-refractivity contribution is 4.93. The maximum Gasteiger partial charge on any atom is 0.0510 e. The minimum Gasteiger partial charge on any atom is -0.381 e. The molecule has 0 spiro atoms. The van der Waals surface area contributed by atoms with Gasteiger partial charge in [-0.25, -0.2) is 0 Å². The summed E-state index contributed by atoms with van der Waals surface area (Å²) in [5.41, 5.74) is 0. The van der Waals surface area contributed by atoms with Crippen LogP contribution in [0.25, 0.3) is 0 Å². The third-order valence-electron chi connectivity index (χ3n) is 10.1. The predicted octanol–water partition coefficient (Wildman–Crippen LogP) is 14.0. The van der Waals surface area contributed by atoms with Crippen LogP contribution < -0.4 is 5.32 Å². The Bertz CT molecular complexity index is 694. The molecule has 1 rings (SSSR count). The van der Waals surface area contributed by atoms with Gasteiger partial charge in [-0.15, -0.1) is 0 Å². The van der Waals surface area contributed by atoms with Crippen LogP contribution >= 0.6 is 0 Å². The summed E-state index contributed by atoms with van der Waals surface area (Å²) in [5, 5.41) is 3.57. The molecule has 1 fully saturated rings. The van der Waals surface area contributed by atoms with Gasteiger partial charge in [0.15, 0.2) is 0 Å². The highest BCUT2D eigenvalue weighted by Gasteiger charge is 2.27. The monoisotopic (exact) mass is 684 g/mol. The fraction of sp³-hybridized carbons (Fsp3) is 0.826. The molecular formula is C46H85NO2. The molecule has 0 radical (unpaired) electrons. The molecule has 1 aliphatic heterocycles. The molecule has 0 aliphatic carbocycles. The van der Waals surface area contributed by atoms with Gasteiger partial charge in [0.2, 0.25) is 0 Å². The molecule has 286 valence electrons. The standard InChI is InChI=1S/C46H85NO2/c1-3-5-7-9-11-13-15-17-19-21-23-25-27-29-31-33-35-37-39-48-43-45-41-47-42-46(45)44-49-40-38-36-34-32-30-28-26-24-22-20-18-16-14-12-10-8-6-4-2/h11-14,17-20,45-47H,3-10,15-16,21-44H2,1-2H3/b13-11-,14-12-,19-17-,20-18-/t45-,46?/m0/s1. The lowest BCUT2D eigenvalue weighted by atomic mass is 9.98. The molecule has 1 N–H and O–H groups in total. The first kappa shape index (κ1) is 45.9. The zero-order valence-electron chi connectivity index (χ0n) is 33.1. The Balaban J connectivity index is 1.80. The van der Waals surface area contributed by atoms with Crippen LogP contribution in [-0.2, 0) is 9.47 Å². The lowest BCUT2D eigenvalue weighted by Gasteiger charge is -2.18. The highest BCUT2D eigenvalue weighted by Crippen LogP contribution is 2.19. The van der Waals surface area contributed by atoms with Crippen molar-refractivity contribution >= 4 is 0 Å². The van der Waals surface area contributed by atoms with E-state index in [1.165, 1.54) is 167 Å². The highest BCUT2D eigenvalue weighted by atomic mass is 16.5. The van der Waals surface area contributed by atoms with E-state index in [-0.39, 0.29) is 0 Å². The predicted molar refractivity (Wildman–Crippen MR) is 219 cm³/mol. The van der Waals surface area contributed by atoms with E-state index in [9.17, 15) is 0 Å². The number of rotatable bonds is 38. The van der Waals surface area contributed by atoms with Gasteiger partial charge in [0.1, 0.15) is 0 Å². The van der Waals surface area contributed by atoms with E-state index >= 15 is 0 Å². The molecule has 0 aromatic heterocycles. The van der Waals surface area contributed by atoms with Crippen LogP contribution in [0.5, 0.6) is 0 Å². The molecule has 0 bridgehead atoms. The van der Waals surface area contributed by atoms with Crippen molar-refractivity contribution in [1.82, 2.24) is 5.32 Å². The lowest BCUT2D eigenvalue weighted by Crippen LogP contribution is -2.23. The molecule has 1 unspecified atom stereocenters. The second-order valence-corrected chi connectivity index (χ2v) is 14.9. The van der Waals surface area contributed by atoms with Crippen LogP contribution in [-0.4, -0.2) is 39.5 Å². The number of unbranched alkanes of at least 4 members (excludes halogenated alkanes) is 22. The van der Waals surface area contributed by atoms with Gasteiger partial charge in [0.25, 0.3) is 0 Å².